The van der Waals surface area contributed by atoms with Gasteiger partial charge in [0.1, 0.15) is 5.76 Å². The maximum absolute atomic E-state index is 11.6. The molecule has 1 aliphatic rings. The highest BCUT2D eigenvalue weighted by Crippen LogP contribution is 2.34. The molecule has 3 heterocycles. The predicted molar refractivity (Wildman–Crippen MR) is 71.3 cm³/mol. The van der Waals surface area contributed by atoms with Crippen LogP contribution in [0.2, 0.25) is 0 Å². The van der Waals surface area contributed by atoms with E-state index in [1.165, 1.54) is 16.5 Å². The number of carbonyl (C=O) groups excluding carboxylic acids is 1. The molecule has 18 heavy (non-hydrogen) atoms. The van der Waals surface area contributed by atoms with E-state index >= 15 is 0 Å². The Kier molecular flexibility index (Phi) is 2.80. The summed E-state index contributed by atoms with van der Waals surface area (Å²) in [7, 11) is 0. The maximum Gasteiger partial charge on any atom is 0.246 e. The molecule has 0 radical (unpaired) electrons. The minimum absolute atomic E-state index is 0.00796. The number of fused-ring (bicyclic) bond motifs is 1. The zero-order valence-corrected chi connectivity index (χ0v) is 10.7. The first-order valence-corrected chi connectivity index (χ1v) is 6.66. The van der Waals surface area contributed by atoms with E-state index in [9.17, 15) is 4.79 Å². The van der Waals surface area contributed by atoms with E-state index in [-0.39, 0.29) is 5.91 Å². The SMILES string of the molecule is C=CC(=O)N1CCc2cc(-c3ccco3)sc2C1. The summed E-state index contributed by atoms with van der Waals surface area (Å²) in [6.45, 7) is 4.99. The maximum atomic E-state index is 11.6. The second-order valence-corrected chi connectivity index (χ2v) is 5.39. The lowest BCUT2D eigenvalue weighted by Gasteiger charge is -2.25. The van der Waals surface area contributed by atoms with Gasteiger partial charge in [0.2, 0.25) is 5.91 Å². The summed E-state index contributed by atoms with van der Waals surface area (Å²) >= 11 is 1.70. The number of rotatable bonds is 2. The summed E-state index contributed by atoms with van der Waals surface area (Å²) in [4.78, 5) is 15.8. The lowest BCUT2D eigenvalue weighted by Crippen LogP contribution is -2.33. The van der Waals surface area contributed by atoms with Gasteiger partial charge in [0, 0.05) is 11.4 Å². The Morgan fingerprint density at radius 1 is 1.56 bits per heavy atom. The summed E-state index contributed by atoms with van der Waals surface area (Å²) in [5, 5.41) is 0. The zero-order chi connectivity index (χ0) is 12.5. The van der Waals surface area contributed by atoms with E-state index in [0.717, 1.165) is 23.6 Å². The Bertz CT molecular complexity index is 583. The van der Waals surface area contributed by atoms with Gasteiger partial charge in [-0.2, -0.15) is 0 Å². The summed E-state index contributed by atoms with van der Waals surface area (Å²) in [6.07, 6.45) is 3.97. The number of hydrogen-bond acceptors (Lipinski definition) is 3. The Balaban J connectivity index is 1.88. The van der Waals surface area contributed by atoms with Crippen molar-refractivity contribution < 1.29 is 9.21 Å². The van der Waals surface area contributed by atoms with Crippen LogP contribution in [-0.4, -0.2) is 17.4 Å². The minimum atomic E-state index is 0.00796. The van der Waals surface area contributed by atoms with Crippen LogP contribution in [0.15, 0.2) is 41.5 Å². The topological polar surface area (TPSA) is 33.5 Å². The Labute approximate surface area is 109 Å². The molecule has 92 valence electrons. The van der Waals surface area contributed by atoms with E-state index in [1.807, 2.05) is 17.0 Å². The van der Waals surface area contributed by atoms with E-state index in [0.29, 0.717) is 6.54 Å². The highest BCUT2D eigenvalue weighted by Gasteiger charge is 2.22. The summed E-state index contributed by atoms with van der Waals surface area (Å²) in [5.41, 5.74) is 1.33. The van der Waals surface area contributed by atoms with Crippen LogP contribution < -0.4 is 0 Å². The quantitative estimate of drug-likeness (QED) is 0.777. The predicted octanol–water partition coefficient (Wildman–Crippen LogP) is 3.08. The van der Waals surface area contributed by atoms with E-state index in [4.69, 9.17) is 4.42 Å². The van der Waals surface area contributed by atoms with Crippen LogP contribution in [0.25, 0.3) is 10.6 Å². The average molecular weight is 259 g/mol. The van der Waals surface area contributed by atoms with Crippen molar-refractivity contribution in [3.63, 3.8) is 0 Å². The highest BCUT2D eigenvalue weighted by molar-refractivity contribution is 7.15. The standard InChI is InChI=1S/C14H13NO2S/c1-2-14(16)15-6-5-10-8-12(18-13(10)9-15)11-4-3-7-17-11/h2-4,7-8H,1,5-6,9H2. The van der Waals surface area contributed by atoms with Gasteiger partial charge in [0.15, 0.2) is 0 Å². The molecule has 0 N–H and O–H groups in total. The average Bonchev–Trinajstić information content (AvgIpc) is 3.04. The molecule has 4 heteroatoms. The molecule has 1 aliphatic heterocycles. The molecule has 0 saturated carbocycles. The summed E-state index contributed by atoms with van der Waals surface area (Å²) < 4.78 is 5.41. The number of amides is 1. The van der Waals surface area contributed by atoms with Gasteiger partial charge in [-0.25, -0.2) is 0 Å². The van der Waals surface area contributed by atoms with Crippen LogP contribution in [0.4, 0.5) is 0 Å². The third-order valence-electron chi connectivity index (χ3n) is 3.13. The van der Waals surface area contributed by atoms with Gasteiger partial charge in [-0.1, -0.05) is 6.58 Å². The Morgan fingerprint density at radius 3 is 3.17 bits per heavy atom. The first-order valence-electron chi connectivity index (χ1n) is 5.84. The molecule has 0 atom stereocenters. The lowest BCUT2D eigenvalue weighted by atomic mass is 10.1. The second kappa shape index (κ2) is 4.46. The summed E-state index contributed by atoms with van der Waals surface area (Å²) in [5.74, 6) is 0.907. The van der Waals surface area contributed by atoms with Gasteiger partial charge in [-0.3, -0.25) is 4.79 Å². The van der Waals surface area contributed by atoms with Crippen LogP contribution in [0.3, 0.4) is 0 Å². The third-order valence-corrected chi connectivity index (χ3v) is 4.31. The fourth-order valence-electron chi connectivity index (χ4n) is 2.18. The van der Waals surface area contributed by atoms with Crippen molar-refractivity contribution in [3.8, 4) is 10.6 Å². The first kappa shape index (κ1) is 11.3. The molecule has 0 aliphatic carbocycles. The fraction of sp³-hybridized carbons (Fsp3) is 0.214. The van der Waals surface area contributed by atoms with E-state index in [2.05, 4.69) is 12.6 Å². The smallest absolute Gasteiger partial charge is 0.246 e. The molecular formula is C14H13NO2S. The van der Waals surface area contributed by atoms with Crippen molar-refractivity contribution in [1.29, 1.82) is 0 Å². The second-order valence-electron chi connectivity index (χ2n) is 4.25. The molecule has 3 rings (SSSR count). The minimum Gasteiger partial charge on any atom is -0.464 e. The number of furan rings is 1. The molecule has 2 aromatic heterocycles. The van der Waals surface area contributed by atoms with Crippen molar-refractivity contribution in [1.82, 2.24) is 4.90 Å². The number of hydrogen-bond donors (Lipinski definition) is 0. The Hall–Kier alpha value is -1.81. The van der Waals surface area contributed by atoms with Crippen molar-refractivity contribution in [2.75, 3.05) is 6.54 Å². The molecule has 0 bridgehead atoms. The zero-order valence-electron chi connectivity index (χ0n) is 9.89. The first-order chi connectivity index (χ1) is 8.78. The van der Waals surface area contributed by atoms with Gasteiger partial charge in [0.05, 0.1) is 17.7 Å². The molecule has 0 saturated heterocycles. The van der Waals surface area contributed by atoms with Crippen LogP contribution in [0.5, 0.6) is 0 Å². The van der Waals surface area contributed by atoms with Crippen molar-refractivity contribution >= 4 is 17.2 Å². The highest BCUT2D eigenvalue weighted by atomic mass is 32.1. The molecule has 2 aromatic rings. The fourth-order valence-corrected chi connectivity index (χ4v) is 3.37. The van der Waals surface area contributed by atoms with Gasteiger partial charge in [0.25, 0.3) is 0 Å². The van der Waals surface area contributed by atoms with E-state index in [1.54, 1.807) is 17.6 Å². The van der Waals surface area contributed by atoms with Gasteiger partial charge in [-0.15, -0.1) is 11.3 Å². The third kappa shape index (κ3) is 1.88. The molecule has 0 fully saturated rings. The van der Waals surface area contributed by atoms with Crippen molar-refractivity contribution in [2.45, 2.75) is 13.0 Å². The van der Waals surface area contributed by atoms with Crippen LogP contribution in [0, 0.1) is 0 Å². The molecule has 3 nitrogen and oxygen atoms in total. The van der Waals surface area contributed by atoms with Crippen LogP contribution in [-0.2, 0) is 17.8 Å². The molecule has 0 spiro atoms. The normalized spacial score (nSPS) is 14.3. The largest absolute Gasteiger partial charge is 0.464 e. The summed E-state index contributed by atoms with van der Waals surface area (Å²) in [6, 6.07) is 6.03. The lowest BCUT2D eigenvalue weighted by molar-refractivity contribution is -0.126. The number of nitrogens with zero attached hydrogens (tertiary/aromatic N) is 1. The number of carbonyl (C=O) groups is 1. The van der Waals surface area contributed by atoms with E-state index < -0.39 is 0 Å². The van der Waals surface area contributed by atoms with Crippen LogP contribution in [0.1, 0.15) is 10.4 Å². The molecule has 1 amide bonds. The van der Waals surface area contributed by atoms with Crippen LogP contribution >= 0.6 is 11.3 Å². The number of thiophene rings is 1. The molecule has 0 aromatic carbocycles. The van der Waals surface area contributed by atoms with Gasteiger partial charge < -0.3 is 9.32 Å². The molecular weight excluding hydrogens is 246 g/mol. The van der Waals surface area contributed by atoms with Crippen molar-refractivity contribution in [2.24, 2.45) is 0 Å². The molecule has 0 unspecified atom stereocenters. The van der Waals surface area contributed by atoms with Gasteiger partial charge in [-0.05, 0) is 36.3 Å². The monoisotopic (exact) mass is 259 g/mol. The Morgan fingerprint density at radius 2 is 2.44 bits per heavy atom. The van der Waals surface area contributed by atoms with Gasteiger partial charge >= 0.3 is 0 Å². The van der Waals surface area contributed by atoms with Crippen molar-refractivity contribution in [3.05, 3.63) is 47.6 Å².